The molecular formula is C31H51N3O4. The molecule has 0 aliphatic heterocycles. The molecule has 1 aromatic carbocycles. The van der Waals surface area contributed by atoms with E-state index >= 15 is 0 Å². The van der Waals surface area contributed by atoms with E-state index in [-0.39, 0.29) is 23.8 Å². The number of alkyl carbamates (subject to hydrolysis) is 1. The Morgan fingerprint density at radius 3 is 2.16 bits per heavy atom. The van der Waals surface area contributed by atoms with Crippen molar-refractivity contribution >= 4 is 17.9 Å². The summed E-state index contributed by atoms with van der Waals surface area (Å²) >= 11 is 0. The Morgan fingerprint density at radius 1 is 1.03 bits per heavy atom. The van der Waals surface area contributed by atoms with Gasteiger partial charge in [-0.25, -0.2) is 4.79 Å². The van der Waals surface area contributed by atoms with Crippen molar-refractivity contribution in [2.75, 3.05) is 0 Å². The van der Waals surface area contributed by atoms with E-state index in [0.29, 0.717) is 6.42 Å². The van der Waals surface area contributed by atoms with Gasteiger partial charge in [-0.15, -0.1) is 0 Å². The van der Waals surface area contributed by atoms with E-state index < -0.39 is 29.3 Å². The van der Waals surface area contributed by atoms with Crippen LogP contribution < -0.4 is 10.6 Å². The molecule has 1 aliphatic rings. The van der Waals surface area contributed by atoms with Gasteiger partial charge < -0.3 is 20.3 Å². The number of nitrogens with one attached hydrogen (secondary N) is 2. The first-order chi connectivity index (χ1) is 17.6. The maximum atomic E-state index is 14.5. The predicted octanol–water partition coefficient (Wildman–Crippen LogP) is 6.36. The lowest BCUT2D eigenvalue weighted by atomic mass is 9.88. The van der Waals surface area contributed by atoms with Crippen molar-refractivity contribution in [3.05, 3.63) is 34.9 Å². The first-order valence-corrected chi connectivity index (χ1v) is 14.3. The summed E-state index contributed by atoms with van der Waals surface area (Å²) in [6.45, 7) is 19.1. The molecular weight excluding hydrogens is 478 g/mol. The summed E-state index contributed by atoms with van der Waals surface area (Å²) in [6.07, 6.45) is 5.26. The largest absolute Gasteiger partial charge is 0.444 e. The normalized spacial score (nSPS) is 16.5. The maximum Gasteiger partial charge on any atom is 0.408 e. The Bertz CT molecular complexity index is 974. The second kappa shape index (κ2) is 13.0. The molecule has 3 amide bonds. The van der Waals surface area contributed by atoms with Gasteiger partial charge in [0, 0.05) is 11.6 Å². The molecule has 0 bridgehead atoms. The van der Waals surface area contributed by atoms with Crippen molar-refractivity contribution in [2.45, 2.75) is 137 Å². The second-order valence-corrected chi connectivity index (χ2v) is 12.8. The zero-order chi connectivity index (χ0) is 28.8. The quantitative estimate of drug-likeness (QED) is 0.390. The molecule has 1 aliphatic carbocycles. The number of carbonyl (C=O) groups excluding carboxylic acids is 3. The molecule has 38 heavy (non-hydrogen) atoms. The Morgan fingerprint density at radius 2 is 1.63 bits per heavy atom. The van der Waals surface area contributed by atoms with Gasteiger partial charge in [0.1, 0.15) is 17.7 Å². The Hall–Kier alpha value is -2.57. The topological polar surface area (TPSA) is 87.7 Å². The second-order valence-electron chi connectivity index (χ2n) is 12.8. The number of nitrogens with zero attached hydrogens (tertiary/aromatic N) is 1. The number of carbonyl (C=O) groups is 3. The van der Waals surface area contributed by atoms with Gasteiger partial charge in [0.25, 0.3) is 0 Å². The van der Waals surface area contributed by atoms with E-state index in [0.717, 1.165) is 42.4 Å². The number of benzene rings is 1. The third kappa shape index (κ3) is 8.47. The minimum atomic E-state index is -0.856. The molecule has 0 saturated heterocycles. The van der Waals surface area contributed by atoms with E-state index in [2.05, 4.69) is 10.6 Å². The van der Waals surface area contributed by atoms with Crippen molar-refractivity contribution in [3.8, 4) is 0 Å². The summed E-state index contributed by atoms with van der Waals surface area (Å²) in [4.78, 5) is 43.1. The van der Waals surface area contributed by atoms with Gasteiger partial charge in [-0.2, -0.15) is 0 Å². The number of ether oxygens (including phenoxy) is 1. The number of amides is 3. The highest BCUT2D eigenvalue weighted by atomic mass is 16.6. The minimum Gasteiger partial charge on any atom is -0.444 e. The van der Waals surface area contributed by atoms with E-state index in [1.807, 2.05) is 66.7 Å². The fourth-order valence-electron chi connectivity index (χ4n) is 5.02. The lowest BCUT2D eigenvalue weighted by Gasteiger charge is -2.46. The predicted molar refractivity (Wildman–Crippen MR) is 153 cm³/mol. The molecule has 7 heteroatoms. The van der Waals surface area contributed by atoms with Gasteiger partial charge in [0.05, 0.1) is 0 Å². The molecule has 2 unspecified atom stereocenters. The number of hydrogen-bond donors (Lipinski definition) is 2. The van der Waals surface area contributed by atoms with Crippen molar-refractivity contribution in [1.82, 2.24) is 15.5 Å². The zero-order valence-electron chi connectivity index (χ0n) is 25.4. The number of rotatable bonds is 9. The van der Waals surface area contributed by atoms with E-state index in [1.54, 1.807) is 25.7 Å². The van der Waals surface area contributed by atoms with Gasteiger partial charge in [0.2, 0.25) is 11.8 Å². The zero-order valence-corrected chi connectivity index (χ0v) is 25.4. The molecule has 0 aromatic heterocycles. The average Bonchev–Trinajstić information content (AvgIpc) is 2.81. The summed E-state index contributed by atoms with van der Waals surface area (Å²) in [7, 11) is 0. The molecule has 0 heterocycles. The Balaban J connectivity index is 2.61. The summed E-state index contributed by atoms with van der Waals surface area (Å²) < 4.78 is 5.49. The molecule has 2 rings (SSSR count). The van der Waals surface area contributed by atoms with Crippen LogP contribution in [0.1, 0.15) is 117 Å². The van der Waals surface area contributed by atoms with Crippen LogP contribution >= 0.6 is 0 Å². The van der Waals surface area contributed by atoms with Crippen LogP contribution in [-0.2, 0) is 14.3 Å². The lowest BCUT2D eigenvalue weighted by Crippen LogP contribution is -2.61. The van der Waals surface area contributed by atoms with Gasteiger partial charge in [-0.05, 0) is 84.8 Å². The Kier molecular flexibility index (Phi) is 10.8. The minimum absolute atomic E-state index is 0.103. The monoisotopic (exact) mass is 529 g/mol. The molecule has 1 saturated carbocycles. The summed E-state index contributed by atoms with van der Waals surface area (Å²) in [5, 5.41) is 6.11. The van der Waals surface area contributed by atoms with E-state index in [4.69, 9.17) is 4.74 Å². The SMILES string of the molecule is CCC(C)(C)N(C(=O)C(NC(=O)OC(C)(C)C)C(C)C)C(C(=O)NC1CCCCC1)c1cc(C)ccc1C. The fraction of sp³-hybridized carbons (Fsp3) is 0.710. The van der Waals surface area contributed by atoms with E-state index in [1.165, 1.54) is 6.42 Å². The van der Waals surface area contributed by atoms with Crippen LogP contribution in [-0.4, -0.2) is 46.0 Å². The summed E-state index contributed by atoms with van der Waals surface area (Å²) in [5.74, 6) is -0.673. The smallest absolute Gasteiger partial charge is 0.408 e. The van der Waals surface area contributed by atoms with Gasteiger partial charge in [0.15, 0.2) is 0 Å². The molecule has 1 fully saturated rings. The fourth-order valence-corrected chi connectivity index (χ4v) is 5.02. The van der Waals surface area contributed by atoms with Crippen molar-refractivity contribution in [1.29, 1.82) is 0 Å². The lowest BCUT2D eigenvalue weighted by molar-refractivity contribution is -0.150. The van der Waals surface area contributed by atoms with Crippen LogP contribution in [0.3, 0.4) is 0 Å². The maximum absolute atomic E-state index is 14.5. The molecule has 2 N–H and O–H groups in total. The molecule has 7 nitrogen and oxygen atoms in total. The third-order valence-electron chi connectivity index (χ3n) is 7.55. The van der Waals surface area contributed by atoms with Crippen molar-refractivity contribution in [3.63, 3.8) is 0 Å². The van der Waals surface area contributed by atoms with Crippen molar-refractivity contribution < 1.29 is 19.1 Å². The Labute approximate surface area is 230 Å². The molecule has 2 atom stereocenters. The van der Waals surface area contributed by atoms with Gasteiger partial charge in [-0.3, -0.25) is 9.59 Å². The van der Waals surface area contributed by atoms with Crippen LogP contribution in [0.2, 0.25) is 0 Å². The number of hydrogen-bond acceptors (Lipinski definition) is 4. The molecule has 0 spiro atoms. The number of aryl methyl sites for hydroxylation is 2. The third-order valence-corrected chi connectivity index (χ3v) is 7.55. The van der Waals surface area contributed by atoms with E-state index in [9.17, 15) is 14.4 Å². The van der Waals surface area contributed by atoms with Crippen LogP contribution in [0, 0.1) is 19.8 Å². The van der Waals surface area contributed by atoms with Crippen LogP contribution in [0.5, 0.6) is 0 Å². The highest BCUT2D eigenvalue weighted by Crippen LogP contribution is 2.35. The summed E-state index contributed by atoms with van der Waals surface area (Å²) in [5.41, 5.74) is 1.43. The van der Waals surface area contributed by atoms with Crippen molar-refractivity contribution in [2.24, 2.45) is 5.92 Å². The first kappa shape index (κ1) is 31.6. The van der Waals surface area contributed by atoms with Crippen LogP contribution in [0.15, 0.2) is 18.2 Å². The van der Waals surface area contributed by atoms with Crippen LogP contribution in [0.25, 0.3) is 0 Å². The highest BCUT2D eigenvalue weighted by molar-refractivity contribution is 5.93. The van der Waals surface area contributed by atoms with Gasteiger partial charge in [-0.1, -0.05) is 63.8 Å². The molecule has 214 valence electrons. The van der Waals surface area contributed by atoms with Crippen LogP contribution in [0.4, 0.5) is 4.79 Å². The average molecular weight is 530 g/mol. The molecule has 1 aromatic rings. The van der Waals surface area contributed by atoms with Gasteiger partial charge >= 0.3 is 6.09 Å². The molecule has 0 radical (unpaired) electrons. The first-order valence-electron chi connectivity index (χ1n) is 14.3. The highest BCUT2D eigenvalue weighted by Gasteiger charge is 2.44. The summed E-state index contributed by atoms with van der Waals surface area (Å²) in [6, 6.07) is 4.45. The standard InChI is InChI=1S/C31H51N3O4/c1-11-31(9,10)34(28(36)25(20(2)3)33-29(37)38-30(6,7)8)26(24-19-21(4)17-18-22(24)5)27(35)32-23-15-13-12-14-16-23/h17-20,23,25-26H,11-16H2,1-10H3,(H,32,35)(H,33,37).